The van der Waals surface area contributed by atoms with E-state index < -0.39 is 30.3 Å². The van der Waals surface area contributed by atoms with Gasteiger partial charge < -0.3 is 25.5 Å². The summed E-state index contributed by atoms with van der Waals surface area (Å²) in [5, 5.41) is 45.1. The average Bonchev–Trinajstić information content (AvgIpc) is 2.30. The molecule has 7 nitrogen and oxygen atoms in total. The normalized spacial score (nSPS) is 15.7. The Kier molecular flexibility index (Phi) is 9.11. The molecule has 0 aliphatic carbocycles. The van der Waals surface area contributed by atoms with Gasteiger partial charge in [0, 0.05) is 6.42 Å². The molecule has 5 N–H and O–H groups in total. The maximum atomic E-state index is 10.3. The number of hydrogen-bond acceptors (Lipinski definition) is 5. The second kappa shape index (κ2) is 9.71. The molecule has 0 radical (unpaired) electrons. The lowest BCUT2D eigenvalue weighted by Gasteiger charge is -2.15. The van der Waals surface area contributed by atoms with Crippen molar-refractivity contribution in [3.63, 3.8) is 0 Å². The molecule has 0 bridgehead atoms. The first-order valence-corrected chi connectivity index (χ1v) is 6.29. The monoisotopic (exact) mass is 278 g/mol. The molecule has 0 fully saturated rings. The van der Waals surface area contributed by atoms with Crippen LogP contribution in [0.4, 0.5) is 0 Å². The maximum Gasteiger partial charge on any atom is 0.305 e. The van der Waals surface area contributed by atoms with Gasteiger partial charge in [-0.3, -0.25) is 9.59 Å². The summed E-state index contributed by atoms with van der Waals surface area (Å²) in [7, 11) is 0. The summed E-state index contributed by atoms with van der Waals surface area (Å²) in [4.78, 5) is 20.6. The highest BCUT2D eigenvalue weighted by Crippen LogP contribution is 2.12. The summed E-state index contributed by atoms with van der Waals surface area (Å²) in [5.41, 5.74) is 0. The van der Waals surface area contributed by atoms with Gasteiger partial charge in [-0.1, -0.05) is 0 Å². The van der Waals surface area contributed by atoms with Crippen LogP contribution < -0.4 is 0 Å². The summed E-state index contributed by atoms with van der Waals surface area (Å²) in [5.74, 6) is -2.07. The van der Waals surface area contributed by atoms with Crippen molar-refractivity contribution in [1.29, 1.82) is 0 Å². The molecule has 3 atom stereocenters. The second-order valence-corrected chi connectivity index (χ2v) is 4.65. The van der Waals surface area contributed by atoms with Crippen molar-refractivity contribution in [1.82, 2.24) is 0 Å². The molecule has 0 aromatic carbocycles. The minimum absolute atomic E-state index is 0.116. The van der Waals surface area contributed by atoms with Gasteiger partial charge in [-0.15, -0.1) is 0 Å². The fourth-order valence-electron chi connectivity index (χ4n) is 1.65. The SMILES string of the molecule is O=C(O)CCC(O)CCC(O)CCC(O)CC(=O)O. The van der Waals surface area contributed by atoms with Crippen LogP contribution in [-0.4, -0.2) is 55.8 Å². The number of carbonyl (C=O) groups is 2. The number of aliphatic hydroxyl groups is 3. The molecule has 0 aromatic heterocycles. The first-order valence-electron chi connectivity index (χ1n) is 6.29. The molecule has 0 saturated carbocycles. The van der Waals surface area contributed by atoms with Crippen molar-refractivity contribution in [3.8, 4) is 0 Å². The van der Waals surface area contributed by atoms with Gasteiger partial charge in [-0.25, -0.2) is 0 Å². The molecule has 7 heteroatoms. The molecule has 0 heterocycles. The van der Waals surface area contributed by atoms with Crippen LogP contribution in [0.15, 0.2) is 0 Å². The van der Waals surface area contributed by atoms with E-state index in [0.29, 0.717) is 6.42 Å². The highest BCUT2D eigenvalue weighted by Gasteiger charge is 2.14. The summed E-state index contributed by atoms with van der Waals surface area (Å²) in [6, 6.07) is 0. The van der Waals surface area contributed by atoms with E-state index in [0.717, 1.165) is 0 Å². The quantitative estimate of drug-likeness (QED) is 0.358. The Bertz CT molecular complexity index is 279. The van der Waals surface area contributed by atoms with Gasteiger partial charge in [0.15, 0.2) is 0 Å². The summed E-state index contributed by atoms with van der Waals surface area (Å²) in [6.45, 7) is 0. The van der Waals surface area contributed by atoms with Gasteiger partial charge in [-0.2, -0.15) is 0 Å². The zero-order valence-electron chi connectivity index (χ0n) is 10.7. The molecule has 19 heavy (non-hydrogen) atoms. The van der Waals surface area contributed by atoms with Crippen LogP contribution in [0.5, 0.6) is 0 Å². The molecule has 112 valence electrons. The Morgan fingerprint density at radius 1 is 0.684 bits per heavy atom. The second-order valence-electron chi connectivity index (χ2n) is 4.65. The van der Waals surface area contributed by atoms with Crippen molar-refractivity contribution < 1.29 is 35.1 Å². The van der Waals surface area contributed by atoms with E-state index in [4.69, 9.17) is 10.2 Å². The van der Waals surface area contributed by atoms with E-state index in [2.05, 4.69) is 0 Å². The Morgan fingerprint density at radius 2 is 1.11 bits per heavy atom. The van der Waals surface area contributed by atoms with E-state index in [1.165, 1.54) is 0 Å². The molecule has 0 rings (SSSR count). The number of carboxylic acids is 2. The number of aliphatic carboxylic acids is 2. The molecule has 0 aromatic rings. The van der Waals surface area contributed by atoms with E-state index in [1.54, 1.807) is 0 Å². The van der Waals surface area contributed by atoms with Gasteiger partial charge in [0.2, 0.25) is 0 Å². The lowest BCUT2D eigenvalue weighted by Crippen LogP contribution is -2.18. The van der Waals surface area contributed by atoms with Gasteiger partial charge >= 0.3 is 11.9 Å². The van der Waals surface area contributed by atoms with Gasteiger partial charge in [0.05, 0.1) is 24.7 Å². The molecular formula is C12H22O7. The van der Waals surface area contributed by atoms with E-state index in [1.807, 2.05) is 0 Å². The maximum absolute atomic E-state index is 10.3. The summed E-state index contributed by atoms with van der Waals surface area (Å²) in [6.07, 6.45) is -1.81. The lowest BCUT2D eigenvalue weighted by molar-refractivity contribution is -0.139. The van der Waals surface area contributed by atoms with Crippen LogP contribution in [0.25, 0.3) is 0 Å². The highest BCUT2D eigenvalue weighted by molar-refractivity contribution is 5.67. The molecule has 0 spiro atoms. The van der Waals surface area contributed by atoms with E-state index in [9.17, 15) is 24.9 Å². The largest absolute Gasteiger partial charge is 0.481 e. The first kappa shape index (κ1) is 17.8. The Hall–Kier alpha value is -1.18. The molecule has 0 aliphatic rings. The molecule has 0 aliphatic heterocycles. The van der Waals surface area contributed by atoms with Gasteiger partial charge in [0.25, 0.3) is 0 Å². The van der Waals surface area contributed by atoms with Crippen LogP contribution in [0.3, 0.4) is 0 Å². The number of rotatable bonds is 11. The topological polar surface area (TPSA) is 135 Å². The zero-order valence-corrected chi connectivity index (χ0v) is 10.7. The predicted molar refractivity (Wildman–Crippen MR) is 65.6 cm³/mol. The average molecular weight is 278 g/mol. The Morgan fingerprint density at radius 3 is 1.53 bits per heavy atom. The zero-order chi connectivity index (χ0) is 14.8. The fourth-order valence-corrected chi connectivity index (χ4v) is 1.65. The molecule has 0 amide bonds. The predicted octanol–water partition coefficient (Wildman–Crippen LogP) is -0.0310. The number of carboxylic acid groups (broad SMARTS) is 2. The van der Waals surface area contributed by atoms with Gasteiger partial charge in [0.1, 0.15) is 0 Å². The van der Waals surface area contributed by atoms with Gasteiger partial charge in [-0.05, 0) is 32.1 Å². The summed E-state index contributed by atoms with van der Waals surface area (Å²) < 4.78 is 0. The van der Waals surface area contributed by atoms with Crippen LogP contribution in [0, 0.1) is 0 Å². The van der Waals surface area contributed by atoms with E-state index in [-0.39, 0.29) is 38.5 Å². The van der Waals surface area contributed by atoms with Crippen LogP contribution >= 0.6 is 0 Å². The molecular weight excluding hydrogens is 256 g/mol. The third-order valence-electron chi connectivity index (χ3n) is 2.77. The van der Waals surface area contributed by atoms with Crippen molar-refractivity contribution >= 4 is 11.9 Å². The minimum atomic E-state index is -1.09. The van der Waals surface area contributed by atoms with E-state index >= 15 is 0 Å². The fraction of sp³-hybridized carbons (Fsp3) is 0.833. The number of hydrogen-bond donors (Lipinski definition) is 5. The van der Waals surface area contributed by atoms with Crippen LogP contribution in [0.1, 0.15) is 44.9 Å². The van der Waals surface area contributed by atoms with Crippen molar-refractivity contribution in [2.45, 2.75) is 63.3 Å². The van der Waals surface area contributed by atoms with Crippen molar-refractivity contribution in [2.24, 2.45) is 0 Å². The van der Waals surface area contributed by atoms with Crippen molar-refractivity contribution in [3.05, 3.63) is 0 Å². The third-order valence-corrected chi connectivity index (χ3v) is 2.77. The Labute approximate surface area is 111 Å². The summed E-state index contributed by atoms with van der Waals surface area (Å²) >= 11 is 0. The van der Waals surface area contributed by atoms with Crippen molar-refractivity contribution in [2.75, 3.05) is 0 Å². The Balaban J connectivity index is 3.65. The smallest absolute Gasteiger partial charge is 0.305 e. The molecule has 0 saturated heterocycles. The molecule has 3 unspecified atom stereocenters. The minimum Gasteiger partial charge on any atom is -0.481 e. The van der Waals surface area contributed by atoms with Crippen LogP contribution in [-0.2, 0) is 9.59 Å². The number of aliphatic hydroxyl groups excluding tert-OH is 3. The standard InChI is InChI=1S/C12H22O7/c13-8(3-4-10(15)7-12(18)19)1-2-9(14)5-6-11(16)17/h8-10,13-15H,1-7H2,(H,16,17)(H,18,19). The van der Waals surface area contributed by atoms with Crippen LogP contribution in [0.2, 0.25) is 0 Å². The third kappa shape index (κ3) is 11.6. The first-order chi connectivity index (χ1) is 8.81. The lowest BCUT2D eigenvalue weighted by atomic mass is 10.0. The highest BCUT2D eigenvalue weighted by atomic mass is 16.4.